The van der Waals surface area contributed by atoms with E-state index in [2.05, 4.69) is 17.2 Å². The van der Waals surface area contributed by atoms with Crippen molar-refractivity contribution >= 4 is 11.6 Å². The molecule has 2 heteroatoms. The Balaban J connectivity index is 2.30. The third kappa shape index (κ3) is 3.83. The van der Waals surface area contributed by atoms with Crippen molar-refractivity contribution in [1.82, 2.24) is 5.32 Å². The fourth-order valence-electron chi connectivity index (χ4n) is 1.14. The van der Waals surface area contributed by atoms with E-state index < -0.39 is 0 Å². The highest BCUT2D eigenvalue weighted by Crippen LogP contribution is 2.13. The molecule has 0 aromatic heterocycles. The fourth-order valence-corrected chi connectivity index (χ4v) is 1.34. The van der Waals surface area contributed by atoms with Crippen LogP contribution in [0.25, 0.3) is 0 Å². The zero-order chi connectivity index (χ0) is 10.2. The minimum atomic E-state index is 0.811. The number of nitrogens with one attached hydrogen (secondary N) is 1. The molecule has 0 bridgehead atoms. The Morgan fingerprint density at radius 3 is 2.86 bits per heavy atom. The van der Waals surface area contributed by atoms with Crippen LogP contribution < -0.4 is 5.32 Å². The van der Waals surface area contributed by atoms with Crippen molar-refractivity contribution in [3.05, 3.63) is 34.9 Å². The highest BCUT2D eigenvalue weighted by atomic mass is 35.5. The van der Waals surface area contributed by atoms with Crippen LogP contribution in [0.1, 0.15) is 18.9 Å². The molecule has 0 aliphatic heterocycles. The zero-order valence-electron chi connectivity index (χ0n) is 8.31. The van der Waals surface area contributed by atoms with Crippen LogP contribution in [0.5, 0.6) is 0 Å². The van der Waals surface area contributed by atoms with E-state index in [9.17, 15) is 0 Å². The number of hydrogen-bond acceptors (Lipinski definition) is 1. The largest absolute Gasteiger partial charge is 0.312 e. The molecule has 0 unspecified atom stereocenters. The molecular formula is C12H14ClN. The smallest absolute Gasteiger partial charge is 0.0450 e. The van der Waals surface area contributed by atoms with Crippen molar-refractivity contribution in [2.75, 3.05) is 6.54 Å². The molecule has 1 aromatic rings. The number of hydrogen-bond donors (Lipinski definition) is 1. The highest BCUT2D eigenvalue weighted by molar-refractivity contribution is 6.31. The van der Waals surface area contributed by atoms with E-state index in [0.29, 0.717) is 0 Å². The predicted molar refractivity (Wildman–Crippen MR) is 61.2 cm³/mol. The van der Waals surface area contributed by atoms with Gasteiger partial charge in [0, 0.05) is 24.5 Å². The summed E-state index contributed by atoms with van der Waals surface area (Å²) in [7, 11) is 0. The minimum absolute atomic E-state index is 0.811. The van der Waals surface area contributed by atoms with E-state index in [1.165, 1.54) is 0 Å². The van der Waals surface area contributed by atoms with E-state index >= 15 is 0 Å². The van der Waals surface area contributed by atoms with Gasteiger partial charge in [-0.25, -0.2) is 0 Å². The Labute approximate surface area is 90.5 Å². The topological polar surface area (TPSA) is 12.0 Å². The van der Waals surface area contributed by atoms with Gasteiger partial charge in [-0.05, 0) is 18.6 Å². The van der Waals surface area contributed by atoms with Gasteiger partial charge in [-0.1, -0.05) is 29.8 Å². The number of rotatable bonds is 4. The van der Waals surface area contributed by atoms with E-state index in [1.54, 1.807) is 0 Å². The average molecular weight is 208 g/mol. The van der Waals surface area contributed by atoms with Gasteiger partial charge in [0.1, 0.15) is 0 Å². The van der Waals surface area contributed by atoms with E-state index in [0.717, 1.165) is 30.1 Å². The van der Waals surface area contributed by atoms with Crippen molar-refractivity contribution in [3.63, 3.8) is 0 Å². The van der Waals surface area contributed by atoms with Gasteiger partial charge in [0.05, 0.1) is 0 Å². The lowest BCUT2D eigenvalue weighted by atomic mass is 10.2. The molecule has 0 spiro atoms. The molecule has 0 heterocycles. The Kier molecular flexibility index (Phi) is 5.14. The van der Waals surface area contributed by atoms with E-state index in [1.807, 2.05) is 31.2 Å². The summed E-state index contributed by atoms with van der Waals surface area (Å²) in [6.45, 7) is 3.57. The molecule has 74 valence electrons. The van der Waals surface area contributed by atoms with Crippen LogP contribution in [0.3, 0.4) is 0 Å². The zero-order valence-corrected chi connectivity index (χ0v) is 9.06. The van der Waals surface area contributed by atoms with Crippen LogP contribution >= 0.6 is 11.6 Å². The number of halogens is 1. The molecule has 1 aromatic carbocycles. The first-order valence-corrected chi connectivity index (χ1v) is 5.06. The van der Waals surface area contributed by atoms with Crippen molar-refractivity contribution in [2.45, 2.75) is 19.9 Å². The van der Waals surface area contributed by atoms with Gasteiger partial charge in [0.2, 0.25) is 0 Å². The summed E-state index contributed by atoms with van der Waals surface area (Å²) in [5.74, 6) is 5.87. The maximum atomic E-state index is 6.00. The van der Waals surface area contributed by atoms with Crippen LogP contribution in [0, 0.1) is 11.8 Å². The quantitative estimate of drug-likeness (QED) is 0.592. The standard InChI is InChI=1S/C12H14ClN/c1-2-3-6-9-14-10-11-7-4-5-8-12(11)13/h4-5,7-8,14H,6,9-10H2,1H3. The number of benzene rings is 1. The normalized spacial score (nSPS) is 9.29. The minimum Gasteiger partial charge on any atom is -0.312 e. The maximum Gasteiger partial charge on any atom is 0.0450 e. The first kappa shape index (κ1) is 11.1. The molecule has 1 N–H and O–H groups in total. The monoisotopic (exact) mass is 207 g/mol. The molecule has 0 amide bonds. The molecule has 0 radical (unpaired) electrons. The van der Waals surface area contributed by atoms with Crippen molar-refractivity contribution in [2.24, 2.45) is 0 Å². The molecular weight excluding hydrogens is 194 g/mol. The lowest BCUT2D eigenvalue weighted by molar-refractivity contribution is 0.701. The molecule has 1 nitrogen and oxygen atoms in total. The Morgan fingerprint density at radius 1 is 1.36 bits per heavy atom. The van der Waals surface area contributed by atoms with Gasteiger partial charge in [-0.2, -0.15) is 0 Å². The Hall–Kier alpha value is -0.970. The maximum absolute atomic E-state index is 6.00. The lowest BCUT2D eigenvalue weighted by Gasteiger charge is -2.04. The second-order valence-corrected chi connectivity index (χ2v) is 3.35. The predicted octanol–water partition coefficient (Wildman–Crippen LogP) is 2.84. The van der Waals surface area contributed by atoms with Crippen LogP contribution in [0.2, 0.25) is 5.02 Å². The summed E-state index contributed by atoms with van der Waals surface area (Å²) in [6.07, 6.45) is 0.890. The molecule has 1 rings (SSSR count). The van der Waals surface area contributed by atoms with Crippen LogP contribution in [-0.4, -0.2) is 6.54 Å². The molecule has 0 saturated heterocycles. The van der Waals surface area contributed by atoms with Crippen LogP contribution in [-0.2, 0) is 6.54 Å². The fraction of sp³-hybridized carbons (Fsp3) is 0.333. The molecule has 0 fully saturated rings. The van der Waals surface area contributed by atoms with Crippen molar-refractivity contribution in [1.29, 1.82) is 0 Å². The Morgan fingerprint density at radius 2 is 2.14 bits per heavy atom. The van der Waals surface area contributed by atoms with Crippen molar-refractivity contribution < 1.29 is 0 Å². The summed E-state index contributed by atoms with van der Waals surface area (Å²) < 4.78 is 0. The third-order valence-corrected chi connectivity index (χ3v) is 2.25. The summed E-state index contributed by atoms with van der Waals surface area (Å²) in [6, 6.07) is 7.87. The second kappa shape index (κ2) is 6.48. The highest BCUT2D eigenvalue weighted by Gasteiger charge is 1.96. The van der Waals surface area contributed by atoms with Gasteiger partial charge in [0.25, 0.3) is 0 Å². The Bertz CT molecular complexity index is 336. The van der Waals surface area contributed by atoms with Gasteiger partial charge >= 0.3 is 0 Å². The molecule has 0 aliphatic rings. The lowest BCUT2D eigenvalue weighted by Crippen LogP contribution is -2.14. The second-order valence-electron chi connectivity index (χ2n) is 2.94. The molecule has 0 aliphatic carbocycles. The van der Waals surface area contributed by atoms with E-state index in [4.69, 9.17) is 11.6 Å². The summed E-state index contributed by atoms with van der Waals surface area (Å²) in [5.41, 5.74) is 1.14. The molecule has 0 saturated carbocycles. The van der Waals surface area contributed by atoms with Gasteiger partial charge < -0.3 is 5.32 Å². The van der Waals surface area contributed by atoms with Gasteiger partial charge in [-0.15, -0.1) is 11.8 Å². The van der Waals surface area contributed by atoms with Crippen molar-refractivity contribution in [3.8, 4) is 11.8 Å². The first-order valence-electron chi connectivity index (χ1n) is 4.68. The first-order chi connectivity index (χ1) is 6.84. The summed E-state index contributed by atoms with van der Waals surface area (Å²) in [4.78, 5) is 0. The van der Waals surface area contributed by atoms with Crippen LogP contribution in [0.4, 0.5) is 0 Å². The van der Waals surface area contributed by atoms with Gasteiger partial charge in [0.15, 0.2) is 0 Å². The molecule has 14 heavy (non-hydrogen) atoms. The van der Waals surface area contributed by atoms with E-state index in [-0.39, 0.29) is 0 Å². The van der Waals surface area contributed by atoms with Crippen LogP contribution in [0.15, 0.2) is 24.3 Å². The summed E-state index contributed by atoms with van der Waals surface area (Å²) in [5, 5.41) is 4.11. The average Bonchev–Trinajstić information content (AvgIpc) is 2.20. The summed E-state index contributed by atoms with van der Waals surface area (Å²) >= 11 is 6.00. The molecule has 0 atom stereocenters. The third-order valence-electron chi connectivity index (χ3n) is 1.88. The van der Waals surface area contributed by atoms with Gasteiger partial charge in [-0.3, -0.25) is 0 Å². The SMILES string of the molecule is CC#CCCNCc1ccccc1Cl.